The van der Waals surface area contributed by atoms with Crippen molar-refractivity contribution < 1.29 is 9.47 Å². The van der Waals surface area contributed by atoms with E-state index in [1.165, 1.54) is 10.2 Å². The molecule has 0 spiro atoms. The van der Waals surface area contributed by atoms with E-state index in [1.807, 2.05) is 37.3 Å². The SMILES string of the molecule is CC[C@H](C)c1nc2ccc(Br)cc2c(=O)n1N=Cc1cc(OC)c(OCc2ccc(C)cc2)c(Br)c1Br. The Kier molecular flexibility index (Phi) is 8.87. The van der Waals surface area contributed by atoms with Gasteiger partial charge in [0.25, 0.3) is 5.56 Å². The monoisotopic (exact) mass is 689 g/mol. The summed E-state index contributed by atoms with van der Waals surface area (Å²) in [6.07, 6.45) is 2.44. The summed E-state index contributed by atoms with van der Waals surface area (Å²) in [6.45, 7) is 6.54. The molecule has 0 bridgehead atoms. The first-order chi connectivity index (χ1) is 17.7. The van der Waals surface area contributed by atoms with E-state index in [0.717, 1.165) is 20.9 Å². The molecular formula is C28H26Br3N3O3. The highest BCUT2D eigenvalue weighted by atomic mass is 79.9. The van der Waals surface area contributed by atoms with E-state index < -0.39 is 0 Å². The number of hydrogen-bond donors (Lipinski definition) is 0. The maximum absolute atomic E-state index is 13.4. The van der Waals surface area contributed by atoms with Crippen molar-refractivity contribution in [2.75, 3.05) is 7.11 Å². The molecule has 0 saturated carbocycles. The first-order valence-electron chi connectivity index (χ1n) is 11.7. The normalized spacial score (nSPS) is 12.3. The van der Waals surface area contributed by atoms with Gasteiger partial charge in [0.15, 0.2) is 11.5 Å². The molecule has 0 unspecified atom stereocenters. The van der Waals surface area contributed by atoms with E-state index in [-0.39, 0.29) is 11.5 Å². The van der Waals surface area contributed by atoms with Gasteiger partial charge in [-0.1, -0.05) is 59.6 Å². The zero-order valence-corrected chi connectivity index (χ0v) is 25.6. The number of rotatable bonds is 8. The molecule has 4 aromatic rings. The fraction of sp³-hybridized carbons (Fsp3) is 0.250. The molecule has 3 aromatic carbocycles. The van der Waals surface area contributed by atoms with Crippen LogP contribution in [0.4, 0.5) is 0 Å². The van der Waals surface area contributed by atoms with Crippen LogP contribution in [0.2, 0.25) is 0 Å². The summed E-state index contributed by atoms with van der Waals surface area (Å²) in [5, 5.41) is 5.08. The number of benzene rings is 3. The molecule has 0 aliphatic carbocycles. The van der Waals surface area contributed by atoms with Gasteiger partial charge in [0.05, 0.1) is 28.7 Å². The Labute approximate surface area is 241 Å². The Balaban J connectivity index is 1.74. The summed E-state index contributed by atoms with van der Waals surface area (Å²) < 4.78 is 15.4. The number of halogens is 3. The predicted octanol–water partition coefficient (Wildman–Crippen LogP) is 7.98. The van der Waals surface area contributed by atoms with Crippen LogP contribution in [-0.2, 0) is 6.61 Å². The van der Waals surface area contributed by atoms with Gasteiger partial charge in [-0.15, -0.1) is 0 Å². The minimum absolute atomic E-state index is 0.0418. The molecule has 0 aliphatic rings. The lowest BCUT2D eigenvalue weighted by molar-refractivity contribution is 0.282. The maximum atomic E-state index is 13.4. The van der Waals surface area contributed by atoms with E-state index in [2.05, 4.69) is 78.9 Å². The van der Waals surface area contributed by atoms with Gasteiger partial charge in [-0.3, -0.25) is 4.79 Å². The van der Waals surface area contributed by atoms with E-state index in [1.54, 1.807) is 19.4 Å². The largest absolute Gasteiger partial charge is 0.493 e. The van der Waals surface area contributed by atoms with Crippen LogP contribution in [0.15, 0.2) is 71.8 Å². The lowest BCUT2D eigenvalue weighted by Crippen LogP contribution is -2.23. The average molecular weight is 692 g/mol. The number of methoxy groups -OCH3 is 1. The number of fused-ring (bicyclic) bond motifs is 1. The third kappa shape index (κ3) is 5.99. The predicted molar refractivity (Wildman–Crippen MR) is 159 cm³/mol. The van der Waals surface area contributed by atoms with Crippen LogP contribution >= 0.6 is 47.8 Å². The van der Waals surface area contributed by atoms with Crippen LogP contribution in [0, 0.1) is 6.92 Å². The van der Waals surface area contributed by atoms with Crippen LogP contribution in [0.3, 0.4) is 0 Å². The summed E-state index contributed by atoms with van der Waals surface area (Å²) >= 11 is 10.7. The van der Waals surface area contributed by atoms with Crippen LogP contribution in [0.1, 0.15) is 48.7 Å². The fourth-order valence-electron chi connectivity index (χ4n) is 3.72. The third-order valence-corrected chi connectivity index (χ3v) is 8.71. The number of nitrogens with zero attached hydrogens (tertiary/aromatic N) is 3. The second-order valence-electron chi connectivity index (χ2n) is 8.70. The minimum Gasteiger partial charge on any atom is -0.493 e. The van der Waals surface area contributed by atoms with Crippen LogP contribution in [0.25, 0.3) is 10.9 Å². The summed E-state index contributed by atoms with van der Waals surface area (Å²) in [5.41, 5.74) is 3.38. The second kappa shape index (κ2) is 11.9. The average Bonchev–Trinajstić information content (AvgIpc) is 2.90. The molecule has 4 rings (SSSR count). The lowest BCUT2D eigenvalue weighted by Gasteiger charge is -2.16. The number of aromatic nitrogens is 2. The van der Waals surface area contributed by atoms with E-state index in [0.29, 0.717) is 44.9 Å². The van der Waals surface area contributed by atoms with Crippen LogP contribution < -0.4 is 15.0 Å². The molecule has 0 N–H and O–H groups in total. The van der Waals surface area contributed by atoms with Gasteiger partial charge in [-0.2, -0.15) is 9.78 Å². The highest BCUT2D eigenvalue weighted by Gasteiger charge is 2.18. The maximum Gasteiger partial charge on any atom is 0.282 e. The summed E-state index contributed by atoms with van der Waals surface area (Å²) in [7, 11) is 1.59. The molecular weight excluding hydrogens is 666 g/mol. The molecule has 192 valence electrons. The van der Waals surface area contributed by atoms with Gasteiger partial charge in [-0.25, -0.2) is 4.98 Å². The summed E-state index contributed by atoms with van der Waals surface area (Å²) in [6, 6.07) is 15.5. The Bertz CT molecular complexity index is 1530. The highest BCUT2D eigenvalue weighted by molar-refractivity contribution is 9.13. The van der Waals surface area contributed by atoms with Crippen molar-refractivity contribution >= 4 is 64.9 Å². The van der Waals surface area contributed by atoms with Gasteiger partial charge in [0.2, 0.25) is 0 Å². The molecule has 0 radical (unpaired) electrons. The van der Waals surface area contributed by atoms with Crippen molar-refractivity contribution in [2.45, 2.75) is 39.7 Å². The first kappa shape index (κ1) is 27.5. The van der Waals surface area contributed by atoms with E-state index >= 15 is 0 Å². The van der Waals surface area contributed by atoms with Crippen molar-refractivity contribution in [1.82, 2.24) is 9.66 Å². The molecule has 0 fully saturated rings. The summed E-state index contributed by atoms with van der Waals surface area (Å²) in [5.74, 6) is 1.76. The molecule has 0 aliphatic heterocycles. The van der Waals surface area contributed by atoms with Gasteiger partial charge < -0.3 is 9.47 Å². The molecule has 0 amide bonds. The Hall–Kier alpha value is -2.49. The number of aryl methyl sites for hydroxylation is 1. The first-order valence-corrected chi connectivity index (χ1v) is 14.1. The van der Waals surface area contributed by atoms with Crippen molar-refractivity contribution in [3.63, 3.8) is 0 Å². The third-order valence-electron chi connectivity index (χ3n) is 6.08. The van der Waals surface area contributed by atoms with Gasteiger partial charge in [-0.05, 0) is 75.0 Å². The Morgan fingerprint density at radius 3 is 2.49 bits per heavy atom. The van der Waals surface area contributed by atoms with Crippen molar-refractivity contribution in [3.05, 3.63) is 94.8 Å². The highest BCUT2D eigenvalue weighted by Crippen LogP contribution is 2.42. The second-order valence-corrected chi connectivity index (χ2v) is 11.2. The number of hydrogen-bond acceptors (Lipinski definition) is 5. The Morgan fingerprint density at radius 1 is 1.08 bits per heavy atom. The van der Waals surface area contributed by atoms with Gasteiger partial charge in [0.1, 0.15) is 12.4 Å². The molecule has 9 heteroatoms. The van der Waals surface area contributed by atoms with Crippen LogP contribution in [-0.4, -0.2) is 23.0 Å². The van der Waals surface area contributed by atoms with Crippen molar-refractivity contribution in [1.29, 1.82) is 0 Å². The van der Waals surface area contributed by atoms with E-state index in [9.17, 15) is 4.79 Å². The molecule has 1 heterocycles. The molecule has 6 nitrogen and oxygen atoms in total. The minimum atomic E-state index is -0.224. The van der Waals surface area contributed by atoms with Crippen LogP contribution in [0.5, 0.6) is 11.5 Å². The topological polar surface area (TPSA) is 65.7 Å². The van der Waals surface area contributed by atoms with Gasteiger partial charge >= 0.3 is 0 Å². The molecule has 1 atom stereocenters. The molecule has 0 saturated heterocycles. The van der Waals surface area contributed by atoms with Crippen molar-refractivity contribution in [3.8, 4) is 11.5 Å². The van der Waals surface area contributed by atoms with Crippen molar-refractivity contribution in [2.24, 2.45) is 5.10 Å². The zero-order chi connectivity index (χ0) is 26.7. The smallest absolute Gasteiger partial charge is 0.282 e. The Morgan fingerprint density at radius 2 is 1.81 bits per heavy atom. The fourth-order valence-corrected chi connectivity index (χ4v) is 5.02. The summed E-state index contributed by atoms with van der Waals surface area (Å²) in [4.78, 5) is 18.2. The molecule has 37 heavy (non-hydrogen) atoms. The van der Waals surface area contributed by atoms with Gasteiger partial charge in [0, 0.05) is 20.4 Å². The molecule has 1 aromatic heterocycles. The quantitative estimate of drug-likeness (QED) is 0.176. The number of ether oxygens (including phenoxy) is 2. The standard InChI is InChI=1S/C28H26Br3N3O3/c1-5-17(3)27-33-22-11-10-20(29)13-21(22)28(35)34(27)32-14-19-12-23(36-4)26(25(31)24(19)30)37-15-18-8-6-16(2)7-9-18/h6-14,17H,5,15H2,1-4H3/t17-/m0/s1. The van der Waals surface area contributed by atoms with E-state index in [4.69, 9.17) is 14.5 Å². The lowest BCUT2D eigenvalue weighted by atomic mass is 10.1. The zero-order valence-electron chi connectivity index (χ0n) is 20.9.